The van der Waals surface area contributed by atoms with Crippen LogP contribution in [0.1, 0.15) is 17.0 Å². The van der Waals surface area contributed by atoms with Crippen LogP contribution < -0.4 is 4.74 Å². The Bertz CT molecular complexity index is 664. The molecule has 2 rings (SSSR count). The zero-order chi connectivity index (χ0) is 16.8. The summed E-state index contributed by atoms with van der Waals surface area (Å²) in [4.78, 5) is 0. The molecule has 0 fully saturated rings. The molecule has 0 spiro atoms. The lowest BCUT2D eigenvalue weighted by molar-refractivity contribution is 0.0842. The van der Waals surface area contributed by atoms with E-state index in [0.29, 0.717) is 11.3 Å². The van der Waals surface area contributed by atoms with Crippen LogP contribution in [0.15, 0.2) is 48.5 Å². The van der Waals surface area contributed by atoms with Gasteiger partial charge >= 0.3 is 0 Å². The van der Waals surface area contributed by atoms with Gasteiger partial charge in [-0.15, -0.1) is 0 Å². The van der Waals surface area contributed by atoms with Crippen LogP contribution in [0.5, 0.6) is 17.2 Å². The zero-order valence-electron chi connectivity index (χ0n) is 12.8. The average molecular weight is 316 g/mol. The summed E-state index contributed by atoms with van der Waals surface area (Å²) in [5.41, 5.74) is 1.56. The largest absolute Gasteiger partial charge is 0.508 e. The number of rotatable bonds is 6. The third kappa shape index (κ3) is 4.25. The van der Waals surface area contributed by atoms with E-state index in [1.807, 2.05) is 0 Å². The van der Waals surface area contributed by atoms with Crippen molar-refractivity contribution in [2.24, 2.45) is 0 Å². The Balaban J connectivity index is 2.31. The van der Waals surface area contributed by atoms with E-state index in [1.165, 1.54) is 13.2 Å². The molecule has 2 aromatic carbocycles. The molecule has 0 aliphatic heterocycles. The van der Waals surface area contributed by atoms with Gasteiger partial charge in [0.1, 0.15) is 5.75 Å². The number of phenolic OH excluding ortho intramolecular Hbond substituents is 2. The standard InChI is InChI=1S/C18H20O5/c1-23-18-10-13(5-9-16(18)21)15(17(22)11-19)8-4-12-2-6-14(20)7-3-12/h2-10,15,17,19-22H,11H2,1H3. The Morgan fingerprint density at radius 1 is 1.09 bits per heavy atom. The van der Waals surface area contributed by atoms with Crippen molar-refractivity contribution in [1.29, 1.82) is 0 Å². The number of phenols is 2. The summed E-state index contributed by atoms with van der Waals surface area (Å²) in [6.45, 7) is -0.395. The van der Waals surface area contributed by atoms with Crippen molar-refractivity contribution in [2.45, 2.75) is 12.0 Å². The third-order valence-corrected chi connectivity index (χ3v) is 3.58. The van der Waals surface area contributed by atoms with Gasteiger partial charge in [0.15, 0.2) is 11.5 Å². The van der Waals surface area contributed by atoms with E-state index in [-0.39, 0.29) is 11.5 Å². The molecule has 2 aromatic rings. The Kier molecular flexibility index (Phi) is 5.62. The van der Waals surface area contributed by atoms with E-state index in [4.69, 9.17) is 4.74 Å². The van der Waals surface area contributed by atoms with Gasteiger partial charge in [0.05, 0.1) is 19.8 Å². The molecule has 0 bridgehead atoms. The van der Waals surface area contributed by atoms with Crippen molar-refractivity contribution in [1.82, 2.24) is 0 Å². The number of hydrogen-bond acceptors (Lipinski definition) is 5. The molecule has 5 nitrogen and oxygen atoms in total. The van der Waals surface area contributed by atoms with Crippen LogP contribution in [-0.2, 0) is 0 Å². The molecule has 122 valence electrons. The van der Waals surface area contributed by atoms with Gasteiger partial charge in [-0.25, -0.2) is 0 Å². The van der Waals surface area contributed by atoms with Crippen molar-refractivity contribution < 1.29 is 25.2 Å². The molecule has 0 radical (unpaired) electrons. The fourth-order valence-electron chi connectivity index (χ4n) is 2.28. The average Bonchev–Trinajstić information content (AvgIpc) is 2.57. The summed E-state index contributed by atoms with van der Waals surface area (Å²) in [5.74, 6) is 0.0207. The second kappa shape index (κ2) is 7.67. The number of ether oxygens (including phenoxy) is 1. The summed E-state index contributed by atoms with van der Waals surface area (Å²) < 4.78 is 5.08. The monoisotopic (exact) mass is 316 g/mol. The molecular formula is C18H20O5. The number of benzene rings is 2. The third-order valence-electron chi connectivity index (χ3n) is 3.58. The zero-order valence-corrected chi connectivity index (χ0v) is 12.8. The van der Waals surface area contributed by atoms with E-state index in [1.54, 1.807) is 48.6 Å². The first-order valence-corrected chi connectivity index (χ1v) is 7.18. The molecule has 2 atom stereocenters. The molecule has 5 heteroatoms. The van der Waals surface area contributed by atoms with Crippen molar-refractivity contribution in [3.63, 3.8) is 0 Å². The van der Waals surface area contributed by atoms with Crippen molar-refractivity contribution >= 4 is 6.08 Å². The molecule has 4 N–H and O–H groups in total. The van der Waals surface area contributed by atoms with E-state index in [9.17, 15) is 20.4 Å². The fourth-order valence-corrected chi connectivity index (χ4v) is 2.28. The van der Waals surface area contributed by atoms with E-state index in [0.717, 1.165) is 5.56 Å². The number of aliphatic hydroxyl groups is 2. The van der Waals surface area contributed by atoms with Crippen LogP contribution in [0, 0.1) is 0 Å². The first-order valence-electron chi connectivity index (χ1n) is 7.18. The summed E-state index contributed by atoms with van der Waals surface area (Å²) in [7, 11) is 1.45. The van der Waals surface area contributed by atoms with Crippen LogP contribution in [0.3, 0.4) is 0 Å². The fraction of sp³-hybridized carbons (Fsp3) is 0.222. The molecule has 0 aliphatic carbocycles. The summed E-state index contributed by atoms with van der Waals surface area (Å²) in [5, 5.41) is 38.3. The summed E-state index contributed by atoms with van der Waals surface area (Å²) >= 11 is 0. The highest BCUT2D eigenvalue weighted by Crippen LogP contribution is 2.32. The van der Waals surface area contributed by atoms with Gasteiger partial charge in [0.2, 0.25) is 0 Å². The first kappa shape index (κ1) is 16.9. The smallest absolute Gasteiger partial charge is 0.160 e. The highest BCUT2D eigenvalue weighted by atomic mass is 16.5. The van der Waals surface area contributed by atoms with Gasteiger partial charge in [-0.3, -0.25) is 0 Å². The summed E-state index contributed by atoms with van der Waals surface area (Å²) in [6.07, 6.45) is 2.57. The highest BCUT2D eigenvalue weighted by molar-refractivity contribution is 5.53. The van der Waals surface area contributed by atoms with Crippen LogP contribution in [0.25, 0.3) is 6.08 Å². The molecule has 0 heterocycles. The molecular weight excluding hydrogens is 296 g/mol. The Morgan fingerprint density at radius 2 is 1.78 bits per heavy atom. The number of hydrogen-bond donors (Lipinski definition) is 4. The lowest BCUT2D eigenvalue weighted by Gasteiger charge is -2.19. The predicted octanol–water partition coefficient (Wildman–Crippen LogP) is 2.26. The molecule has 23 heavy (non-hydrogen) atoms. The van der Waals surface area contributed by atoms with Gasteiger partial charge in [-0.05, 0) is 35.4 Å². The van der Waals surface area contributed by atoms with Crippen LogP contribution in [0.4, 0.5) is 0 Å². The lowest BCUT2D eigenvalue weighted by atomic mass is 9.92. The van der Waals surface area contributed by atoms with Gasteiger partial charge in [0.25, 0.3) is 0 Å². The maximum Gasteiger partial charge on any atom is 0.160 e. The topological polar surface area (TPSA) is 90.2 Å². The van der Waals surface area contributed by atoms with Crippen LogP contribution >= 0.6 is 0 Å². The van der Waals surface area contributed by atoms with Gasteiger partial charge in [0, 0.05) is 5.92 Å². The number of methoxy groups -OCH3 is 1. The van der Waals surface area contributed by atoms with E-state index >= 15 is 0 Å². The number of aliphatic hydroxyl groups excluding tert-OH is 2. The molecule has 0 aliphatic rings. The second-order valence-corrected chi connectivity index (χ2v) is 5.16. The van der Waals surface area contributed by atoms with Crippen molar-refractivity contribution in [2.75, 3.05) is 13.7 Å². The Labute approximate surface area is 134 Å². The SMILES string of the molecule is COc1cc(C(C=Cc2ccc(O)cc2)C(O)CO)ccc1O. The molecule has 0 amide bonds. The minimum atomic E-state index is -0.988. The molecule has 2 unspecified atom stereocenters. The van der Waals surface area contributed by atoms with Crippen molar-refractivity contribution in [3.05, 3.63) is 59.7 Å². The Morgan fingerprint density at radius 3 is 2.39 bits per heavy atom. The lowest BCUT2D eigenvalue weighted by Crippen LogP contribution is -2.21. The predicted molar refractivity (Wildman–Crippen MR) is 87.6 cm³/mol. The summed E-state index contributed by atoms with van der Waals surface area (Å²) in [6, 6.07) is 11.4. The quantitative estimate of drug-likeness (QED) is 0.656. The first-order chi connectivity index (χ1) is 11.0. The van der Waals surface area contributed by atoms with Gasteiger partial charge in [-0.1, -0.05) is 30.4 Å². The number of aromatic hydroxyl groups is 2. The van der Waals surface area contributed by atoms with E-state index in [2.05, 4.69) is 0 Å². The van der Waals surface area contributed by atoms with Crippen LogP contribution in [0.2, 0.25) is 0 Å². The van der Waals surface area contributed by atoms with Crippen molar-refractivity contribution in [3.8, 4) is 17.2 Å². The normalized spacial score (nSPS) is 13.9. The van der Waals surface area contributed by atoms with Gasteiger partial charge in [-0.2, -0.15) is 0 Å². The van der Waals surface area contributed by atoms with Gasteiger partial charge < -0.3 is 25.2 Å². The molecule has 0 saturated carbocycles. The molecule has 0 aromatic heterocycles. The minimum absolute atomic E-state index is 0.0102. The minimum Gasteiger partial charge on any atom is -0.508 e. The van der Waals surface area contributed by atoms with E-state index < -0.39 is 18.6 Å². The van der Waals surface area contributed by atoms with Crippen LogP contribution in [-0.4, -0.2) is 40.2 Å². The maximum absolute atomic E-state index is 10.1. The maximum atomic E-state index is 10.1. The Hall–Kier alpha value is -2.50. The highest BCUT2D eigenvalue weighted by Gasteiger charge is 2.19. The second-order valence-electron chi connectivity index (χ2n) is 5.16. The molecule has 0 saturated heterocycles.